The molecule has 5 rings (SSSR count). The molecule has 3 aromatic carbocycles. The van der Waals surface area contributed by atoms with Gasteiger partial charge in [0.15, 0.2) is 11.5 Å². The second-order valence-corrected chi connectivity index (χ2v) is 13.1. The van der Waals surface area contributed by atoms with Gasteiger partial charge in [0, 0.05) is 24.1 Å². The lowest BCUT2D eigenvalue weighted by atomic mass is 9.95. The van der Waals surface area contributed by atoms with Crippen LogP contribution in [0.3, 0.4) is 0 Å². The van der Waals surface area contributed by atoms with E-state index in [1.54, 1.807) is 45.2 Å². The summed E-state index contributed by atoms with van der Waals surface area (Å²) in [4.78, 5) is 47.9. The fourth-order valence-electron chi connectivity index (χ4n) is 6.13. The van der Waals surface area contributed by atoms with Crippen LogP contribution in [0, 0.1) is 0 Å². The Labute approximate surface area is 284 Å². The molecule has 1 aromatic heterocycles. The van der Waals surface area contributed by atoms with Crippen molar-refractivity contribution in [1.29, 1.82) is 0 Å². The number of benzene rings is 2. The lowest BCUT2D eigenvalue weighted by Crippen LogP contribution is -2.36. The molecule has 11 nitrogen and oxygen atoms in total. The van der Waals surface area contributed by atoms with Crippen LogP contribution in [0.1, 0.15) is 62.5 Å². The van der Waals surface area contributed by atoms with E-state index in [0.717, 1.165) is 28.0 Å². The van der Waals surface area contributed by atoms with Crippen molar-refractivity contribution in [2.45, 2.75) is 58.0 Å². The SMILES string of the molecule is COc1cc2c(c(OC)c1OC)-c1ccc(N[C@H](CCSC)C(=O)Nc3ccc4nc(C(C)C)[nH]c4c3)c(=O)cc1[C@H](NC(C)=O)CC2. The van der Waals surface area contributed by atoms with Crippen molar-refractivity contribution in [2.75, 3.05) is 44.0 Å². The molecule has 0 aliphatic heterocycles. The molecule has 2 atom stereocenters. The first kappa shape index (κ1) is 34.6. The minimum absolute atomic E-state index is 0.209. The first-order valence-corrected chi connectivity index (χ1v) is 17.3. The smallest absolute Gasteiger partial charge is 0.246 e. The third kappa shape index (κ3) is 7.23. The number of rotatable bonds is 12. The molecule has 0 saturated carbocycles. The lowest BCUT2D eigenvalue weighted by molar-refractivity contribution is -0.120. The molecule has 0 saturated heterocycles. The summed E-state index contributed by atoms with van der Waals surface area (Å²) < 4.78 is 17.2. The zero-order valence-electron chi connectivity index (χ0n) is 28.4. The summed E-state index contributed by atoms with van der Waals surface area (Å²) in [5, 5.41) is 9.29. The van der Waals surface area contributed by atoms with Crippen LogP contribution in [0.2, 0.25) is 0 Å². The minimum atomic E-state index is -0.701. The Kier molecular flexibility index (Phi) is 10.8. The maximum absolute atomic E-state index is 13.9. The molecule has 2 amide bonds. The predicted octanol–water partition coefficient (Wildman–Crippen LogP) is 6.04. The van der Waals surface area contributed by atoms with Crippen LogP contribution in [0.4, 0.5) is 11.4 Å². The molecule has 1 aliphatic rings. The molecule has 0 unspecified atom stereocenters. The van der Waals surface area contributed by atoms with E-state index < -0.39 is 12.1 Å². The van der Waals surface area contributed by atoms with Crippen molar-refractivity contribution in [3.8, 4) is 28.4 Å². The van der Waals surface area contributed by atoms with Crippen LogP contribution in [0.25, 0.3) is 22.2 Å². The van der Waals surface area contributed by atoms with E-state index in [-0.39, 0.29) is 28.8 Å². The highest BCUT2D eigenvalue weighted by molar-refractivity contribution is 7.98. The average Bonchev–Trinajstić information content (AvgIpc) is 3.36. The standard InChI is InChI=1S/C36H43N5O6S/c1-19(2)35-40-26-12-9-22(17-29(26)41-35)38-36(44)28(14-15-48-7)39-27-13-10-23-24(18-30(27)43)25(37-20(3)42)11-8-21-16-31(45-4)33(46-5)34(47-6)32(21)23/h9-10,12-13,16-19,25,28H,8,11,14-15H2,1-7H3,(H,37,42)(H,38,44)(H,39,43)(H,40,41)/t25-,28-/m1/s1. The first-order chi connectivity index (χ1) is 23.1. The zero-order chi connectivity index (χ0) is 34.5. The number of nitrogens with one attached hydrogen (secondary N) is 4. The van der Waals surface area contributed by atoms with Crippen molar-refractivity contribution in [3.05, 3.63) is 69.6 Å². The monoisotopic (exact) mass is 673 g/mol. The van der Waals surface area contributed by atoms with Crippen LogP contribution in [-0.4, -0.2) is 61.2 Å². The van der Waals surface area contributed by atoms with E-state index >= 15 is 0 Å². The number of hydrogen-bond donors (Lipinski definition) is 4. The number of thioether (sulfide) groups is 1. The number of carbonyl (C=O) groups is 2. The van der Waals surface area contributed by atoms with E-state index in [2.05, 4.69) is 39.8 Å². The fourth-order valence-corrected chi connectivity index (χ4v) is 6.60. The van der Waals surface area contributed by atoms with Crippen molar-refractivity contribution in [3.63, 3.8) is 0 Å². The molecule has 4 aromatic rings. The molecular weight excluding hydrogens is 630 g/mol. The van der Waals surface area contributed by atoms with Crippen LogP contribution >= 0.6 is 11.8 Å². The van der Waals surface area contributed by atoms with Gasteiger partial charge in [0.25, 0.3) is 0 Å². The van der Waals surface area contributed by atoms with Crippen LogP contribution in [0.5, 0.6) is 17.2 Å². The lowest BCUT2D eigenvalue weighted by Gasteiger charge is -2.19. The number of aromatic nitrogens is 2. The highest BCUT2D eigenvalue weighted by Gasteiger charge is 2.30. The fraction of sp³-hybridized carbons (Fsp3) is 0.389. The summed E-state index contributed by atoms with van der Waals surface area (Å²) in [5.41, 5.74) is 5.28. The molecule has 254 valence electrons. The highest BCUT2D eigenvalue weighted by Crippen LogP contribution is 2.50. The van der Waals surface area contributed by atoms with E-state index in [9.17, 15) is 14.4 Å². The zero-order valence-corrected chi connectivity index (χ0v) is 29.2. The number of aryl methyl sites for hydroxylation is 1. The number of methoxy groups -OCH3 is 3. The number of fused-ring (bicyclic) bond motifs is 4. The van der Waals surface area contributed by atoms with Gasteiger partial charge in [-0.05, 0) is 84.4 Å². The third-order valence-corrected chi connectivity index (χ3v) is 9.13. The Hall–Kier alpha value is -4.71. The Balaban J connectivity index is 1.55. The predicted molar refractivity (Wildman–Crippen MR) is 192 cm³/mol. The van der Waals surface area contributed by atoms with Gasteiger partial charge in [-0.1, -0.05) is 19.9 Å². The number of nitrogens with zero attached hydrogens (tertiary/aromatic N) is 1. The summed E-state index contributed by atoms with van der Waals surface area (Å²) in [6, 6.07) is 11.4. The van der Waals surface area contributed by atoms with Gasteiger partial charge in [-0.25, -0.2) is 4.98 Å². The second-order valence-electron chi connectivity index (χ2n) is 12.1. The number of imidazole rings is 1. The van der Waals surface area contributed by atoms with Crippen LogP contribution in [0.15, 0.2) is 47.3 Å². The number of carbonyl (C=O) groups excluding carboxylic acids is 2. The van der Waals surface area contributed by atoms with E-state index in [1.807, 2.05) is 36.6 Å². The number of anilines is 2. The van der Waals surface area contributed by atoms with Crippen molar-refractivity contribution in [1.82, 2.24) is 15.3 Å². The largest absolute Gasteiger partial charge is 0.493 e. The van der Waals surface area contributed by atoms with Gasteiger partial charge in [-0.3, -0.25) is 14.4 Å². The van der Waals surface area contributed by atoms with E-state index in [4.69, 9.17) is 14.2 Å². The van der Waals surface area contributed by atoms with Crippen molar-refractivity contribution < 1.29 is 23.8 Å². The number of hydrogen-bond acceptors (Lipinski definition) is 9. The molecule has 1 aliphatic carbocycles. The second kappa shape index (κ2) is 15.0. The summed E-state index contributed by atoms with van der Waals surface area (Å²) >= 11 is 1.62. The number of H-pyrrole nitrogens is 1. The third-order valence-electron chi connectivity index (χ3n) is 8.49. The van der Waals surface area contributed by atoms with Gasteiger partial charge in [-0.15, -0.1) is 0 Å². The molecule has 0 fully saturated rings. The summed E-state index contributed by atoms with van der Waals surface area (Å²) in [6.07, 6.45) is 3.59. The number of ether oxygens (including phenoxy) is 3. The summed E-state index contributed by atoms with van der Waals surface area (Å²) in [5.74, 6) is 2.77. The van der Waals surface area contributed by atoms with Crippen molar-refractivity contribution >= 4 is 46.0 Å². The molecule has 0 bridgehead atoms. The topological polar surface area (TPSA) is 144 Å². The Morgan fingerprint density at radius 2 is 1.81 bits per heavy atom. The quantitative estimate of drug-likeness (QED) is 0.142. The van der Waals surface area contributed by atoms with Gasteiger partial charge in [0.1, 0.15) is 11.9 Å². The highest BCUT2D eigenvalue weighted by atomic mass is 32.2. The van der Waals surface area contributed by atoms with Gasteiger partial charge in [0.05, 0.1) is 44.1 Å². The van der Waals surface area contributed by atoms with Crippen molar-refractivity contribution in [2.24, 2.45) is 0 Å². The van der Waals surface area contributed by atoms with Gasteiger partial charge in [-0.2, -0.15) is 11.8 Å². The molecular formula is C36H43N5O6S. The number of aromatic amines is 1. The van der Waals surface area contributed by atoms with E-state index in [1.165, 1.54) is 6.92 Å². The normalized spacial score (nSPS) is 14.4. The molecule has 1 heterocycles. The van der Waals surface area contributed by atoms with Gasteiger partial charge >= 0.3 is 0 Å². The maximum Gasteiger partial charge on any atom is 0.246 e. The maximum atomic E-state index is 13.9. The molecule has 4 N–H and O–H groups in total. The van der Waals surface area contributed by atoms with Gasteiger partial charge < -0.3 is 35.1 Å². The average molecular weight is 674 g/mol. The molecule has 0 spiro atoms. The van der Waals surface area contributed by atoms with Crippen LogP contribution in [-0.2, 0) is 16.0 Å². The molecule has 0 radical (unpaired) electrons. The minimum Gasteiger partial charge on any atom is -0.493 e. The summed E-state index contributed by atoms with van der Waals surface area (Å²) in [7, 11) is 4.67. The van der Waals surface area contributed by atoms with E-state index in [0.29, 0.717) is 59.1 Å². The van der Waals surface area contributed by atoms with Gasteiger partial charge in [0.2, 0.25) is 23.0 Å². The summed E-state index contributed by atoms with van der Waals surface area (Å²) in [6.45, 7) is 5.59. The Morgan fingerprint density at radius 1 is 1.04 bits per heavy atom. The Bertz CT molecular complexity index is 1890. The van der Waals surface area contributed by atoms with Crippen LogP contribution < -0.4 is 35.6 Å². The first-order valence-electron chi connectivity index (χ1n) is 15.9. The molecule has 48 heavy (non-hydrogen) atoms. The molecule has 12 heteroatoms. The Morgan fingerprint density at radius 3 is 2.48 bits per heavy atom. The number of amides is 2.